The summed E-state index contributed by atoms with van der Waals surface area (Å²) in [7, 11) is 0. The third kappa shape index (κ3) is 47.9. The van der Waals surface area contributed by atoms with Gasteiger partial charge in [-0.1, -0.05) is 266 Å². The van der Waals surface area contributed by atoms with Crippen molar-refractivity contribution in [3.63, 3.8) is 0 Å². The third-order valence-corrected chi connectivity index (χ3v) is 13.0. The maximum Gasteiger partial charge on any atom is 0.306 e. The van der Waals surface area contributed by atoms with E-state index in [0.29, 0.717) is 19.3 Å². The Bertz CT molecular complexity index is 962. The van der Waals surface area contributed by atoms with E-state index in [4.69, 9.17) is 14.2 Å². The van der Waals surface area contributed by atoms with E-state index in [0.717, 1.165) is 75.5 Å². The molecule has 0 aromatic rings. The SMILES string of the molecule is CCC(C)CCCCCCCCC(=O)OC[C@@H](COC(=O)CCCCCCCCCCCCCCCC(C)C)OC(=O)CCCCCCCCCCCCCCCCCC(C)C. The minimum atomic E-state index is -0.763. The molecule has 1 unspecified atom stereocenters. The number of rotatable bonds is 49. The van der Waals surface area contributed by atoms with Crippen LogP contribution in [0.4, 0.5) is 0 Å². The first-order valence-electron chi connectivity index (χ1n) is 27.6. The van der Waals surface area contributed by atoms with E-state index in [1.54, 1.807) is 0 Å². The Kier molecular flexibility index (Phi) is 46.2. The average Bonchev–Trinajstić information content (AvgIpc) is 3.24. The third-order valence-electron chi connectivity index (χ3n) is 13.0. The molecule has 2 atom stereocenters. The Morgan fingerprint density at radius 1 is 0.323 bits per heavy atom. The fourth-order valence-electron chi connectivity index (χ4n) is 8.44. The van der Waals surface area contributed by atoms with Gasteiger partial charge in [0.1, 0.15) is 13.2 Å². The van der Waals surface area contributed by atoms with Crippen molar-refractivity contribution in [3.8, 4) is 0 Å². The smallest absolute Gasteiger partial charge is 0.306 e. The highest BCUT2D eigenvalue weighted by molar-refractivity contribution is 5.71. The Morgan fingerprint density at radius 2 is 0.565 bits per heavy atom. The second-order valence-electron chi connectivity index (χ2n) is 20.4. The molecule has 0 fully saturated rings. The maximum atomic E-state index is 12.8. The second-order valence-corrected chi connectivity index (χ2v) is 20.4. The lowest BCUT2D eigenvalue weighted by molar-refractivity contribution is -0.167. The van der Waals surface area contributed by atoms with Crippen molar-refractivity contribution in [2.24, 2.45) is 17.8 Å². The van der Waals surface area contributed by atoms with Gasteiger partial charge >= 0.3 is 17.9 Å². The summed E-state index contributed by atoms with van der Waals surface area (Å²) in [5.74, 6) is 1.65. The van der Waals surface area contributed by atoms with E-state index < -0.39 is 6.10 Å². The van der Waals surface area contributed by atoms with E-state index in [9.17, 15) is 14.4 Å². The molecule has 0 amide bonds. The first-order chi connectivity index (χ1) is 30.1. The molecule has 0 heterocycles. The van der Waals surface area contributed by atoms with Crippen molar-refractivity contribution in [3.05, 3.63) is 0 Å². The molecule has 0 aromatic carbocycles. The molecule has 0 bridgehead atoms. The standard InChI is InChI=1S/C56H108O6/c1-7-52(6)44-38-32-28-29-34-40-46-55(58)61-49-53(48-60-54(57)45-39-33-26-22-18-15-11-13-17-21-25-31-37-43-51(4)5)62-56(59)47-41-35-27-23-19-14-10-8-9-12-16-20-24-30-36-42-50(2)3/h50-53H,7-49H2,1-6H3/t52?,53-/m1/s1. The van der Waals surface area contributed by atoms with Gasteiger partial charge in [0, 0.05) is 19.3 Å². The summed E-state index contributed by atoms with van der Waals surface area (Å²) >= 11 is 0. The molecule has 6 heteroatoms. The molecule has 0 saturated heterocycles. The summed E-state index contributed by atoms with van der Waals surface area (Å²) in [5, 5.41) is 0. The van der Waals surface area contributed by atoms with Gasteiger partial charge in [-0.2, -0.15) is 0 Å². The molecular formula is C56H108O6. The van der Waals surface area contributed by atoms with Gasteiger partial charge in [-0.05, 0) is 37.0 Å². The van der Waals surface area contributed by atoms with Crippen molar-refractivity contribution in [1.82, 2.24) is 0 Å². The van der Waals surface area contributed by atoms with Crippen LogP contribution >= 0.6 is 0 Å². The summed E-state index contributed by atoms with van der Waals surface area (Å²) in [4.78, 5) is 38.0. The molecule has 0 rings (SSSR count). The number of ether oxygens (including phenoxy) is 3. The topological polar surface area (TPSA) is 78.9 Å². The Morgan fingerprint density at radius 3 is 0.839 bits per heavy atom. The largest absolute Gasteiger partial charge is 0.462 e. The fourth-order valence-corrected chi connectivity index (χ4v) is 8.44. The number of esters is 3. The summed E-state index contributed by atoms with van der Waals surface area (Å²) in [6.45, 7) is 13.7. The number of hydrogen-bond acceptors (Lipinski definition) is 6. The zero-order valence-corrected chi connectivity index (χ0v) is 42.7. The summed E-state index contributed by atoms with van der Waals surface area (Å²) in [6, 6.07) is 0. The summed E-state index contributed by atoms with van der Waals surface area (Å²) < 4.78 is 16.8. The van der Waals surface area contributed by atoms with Crippen LogP contribution < -0.4 is 0 Å². The Balaban J connectivity index is 4.27. The van der Waals surface area contributed by atoms with Gasteiger partial charge in [-0.25, -0.2) is 0 Å². The minimum absolute atomic E-state index is 0.0646. The van der Waals surface area contributed by atoms with Gasteiger partial charge in [0.05, 0.1) is 0 Å². The predicted octanol–water partition coefficient (Wildman–Crippen LogP) is 17.9. The van der Waals surface area contributed by atoms with Gasteiger partial charge in [0.2, 0.25) is 0 Å². The maximum absolute atomic E-state index is 12.8. The molecule has 0 aliphatic rings. The summed E-state index contributed by atoms with van der Waals surface area (Å²) in [5.41, 5.74) is 0. The van der Waals surface area contributed by atoms with Gasteiger partial charge in [0.25, 0.3) is 0 Å². The fraction of sp³-hybridized carbons (Fsp3) is 0.946. The number of carbonyl (C=O) groups is 3. The lowest BCUT2D eigenvalue weighted by atomic mass is 10.00. The number of unbranched alkanes of at least 4 members (excludes halogenated alkanes) is 31. The van der Waals surface area contributed by atoms with Gasteiger partial charge in [-0.3, -0.25) is 14.4 Å². The molecule has 6 nitrogen and oxygen atoms in total. The molecule has 0 saturated carbocycles. The van der Waals surface area contributed by atoms with Crippen LogP contribution in [0.25, 0.3) is 0 Å². The van der Waals surface area contributed by atoms with E-state index in [2.05, 4.69) is 41.5 Å². The first-order valence-corrected chi connectivity index (χ1v) is 27.6. The Labute approximate surface area is 387 Å². The van der Waals surface area contributed by atoms with Crippen LogP contribution in [0.1, 0.15) is 305 Å². The molecule has 62 heavy (non-hydrogen) atoms. The van der Waals surface area contributed by atoms with Gasteiger partial charge in [-0.15, -0.1) is 0 Å². The highest BCUT2D eigenvalue weighted by atomic mass is 16.6. The summed E-state index contributed by atoms with van der Waals surface area (Å²) in [6.07, 6.45) is 48.1. The minimum Gasteiger partial charge on any atom is -0.462 e. The van der Waals surface area contributed by atoms with Crippen LogP contribution in [-0.4, -0.2) is 37.2 Å². The van der Waals surface area contributed by atoms with Crippen molar-refractivity contribution >= 4 is 17.9 Å². The Hall–Kier alpha value is -1.59. The van der Waals surface area contributed by atoms with Crippen molar-refractivity contribution in [2.75, 3.05) is 13.2 Å². The molecule has 0 N–H and O–H groups in total. The zero-order chi connectivity index (χ0) is 45.6. The first kappa shape index (κ1) is 60.4. The van der Waals surface area contributed by atoms with Crippen LogP contribution in [0.5, 0.6) is 0 Å². The van der Waals surface area contributed by atoms with E-state index in [1.807, 2.05) is 0 Å². The van der Waals surface area contributed by atoms with Crippen LogP contribution in [-0.2, 0) is 28.6 Å². The van der Waals surface area contributed by atoms with Crippen LogP contribution in [0.2, 0.25) is 0 Å². The van der Waals surface area contributed by atoms with Crippen molar-refractivity contribution in [1.29, 1.82) is 0 Å². The van der Waals surface area contributed by atoms with Crippen molar-refractivity contribution < 1.29 is 28.6 Å². The molecule has 0 spiro atoms. The molecule has 0 aliphatic heterocycles. The van der Waals surface area contributed by atoms with Gasteiger partial charge < -0.3 is 14.2 Å². The van der Waals surface area contributed by atoms with Gasteiger partial charge in [0.15, 0.2) is 6.10 Å². The van der Waals surface area contributed by atoms with Crippen molar-refractivity contribution in [2.45, 2.75) is 311 Å². The lowest BCUT2D eigenvalue weighted by Crippen LogP contribution is -2.30. The zero-order valence-electron chi connectivity index (χ0n) is 42.7. The van der Waals surface area contributed by atoms with E-state index in [1.165, 1.54) is 186 Å². The number of hydrogen-bond donors (Lipinski definition) is 0. The normalized spacial score (nSPS) is 12.6. The average molecular weight is 877 g/mol. The monoisotopic (exact) mass is 877 g/mol. The number of carbonyl (C=O) groups excluding carboxylic acids is 3. The highest BCUT2D eigenvalue weighted by Gasteiger charge is 2.19. The second kappa shape index (κ2) is 47.4. The molecule has 368 valence electrons. The quantitative estimate of drug-likeness (QED) is 0.0344. The lowest BCUT2D eigenvalue weighted by Gasteiger charge is -2.18. The van der Waals surface area contributed by atoms with Crippen LogP contribution in [0.15, 0.2) is 0 Å². The highest BCUT2D eigenvalue weighted by Crippen LogP contribution is 2.18. The van der Waals surface area contributed by atoms with E-state index in [-0.39, 0.29) is 31.1 Å². The molecule has 0 radical (unpaired) electrons. The molecule has 0 aliphatic carbocycles. The van der Waals surface area contributed by atoms with E-state index >= 15 is 0 Å². The van der Waals surface area contributed by atoms with Crippen LogP contribution in [0.3, 0.4) is 0 Å². The van der Waals surface area contributed by atoms with Crippen LogP contribution in [0, 0.1) is 17.8 Å². The molecule has 0 aromatic heterocycles. The predicted molar refractivity (Wildman–Crippen MR) is 266 cm³/mol. The molecular weight excluding hydrogens is 769 g/mol.